The maximum Gasteiger partial charge on any atom is 0.134 e. The Kier molecular flexibility index (Phi) is 3.75. The van der Waals surface area contributed by atoms with Crippen LogP contribution in [0.4, 0.5) is 0 Å². The second kappa shape index (κ2) is 6.20. The molecular formula is C21H18N2O. The van der Waals surface area contributed by atoms with Crippen molar-refractivity contribution in [2.75, 3.05) is 0 Å². The topological polar surface area (TPSA) is 31.0 Å². The van der Waals surface area contributed by atoms with E-state index in [1.165, 1.54) is 5.56 Å². The Labute approximate surface area is 140 Å². The Morgan fingerprint density at radius 3 is 2.50 bits per heavy atom. The van der Waals surface area contributed by atoms with Crippen molar-refractivity contribution < 1.29 is 4.42 Å². The van der Waals surface area contributed by atoms with Gasteiger partial charge in [-0.25, -0.2) is 4.98 Å². The number of imidazole rings is 1. The van der Waals surface area contributed by atoms with E-state index in [9.17, 15) is 0 Å². The van der Waals surface area contributed by atoms with Gasteiger partial charge in [0.2, 0.25) is 0 Å². The van der Waals surface area contributed by atoms with E-state index in [2.05, 4.69) is 47.9 Å². The summed E-state index contributed by atoms with van der Waals surface area (Å²) in [5.74, 6) is 1.74. The van der Waals surface area contributed by atoms with Gasteiger partial charge in [0, 0.05) is 0 Å². The molecule has 3 heteroatoms. The molecule has 0 saturated heterocycles. The van der Waals surface area contributed by atoms with Gasteiger partial charge < -0.3 is 8.98 Å². The fourth-order valence-electron chi connectivity index (χ4n) is 3.01. The van der Waals surface area contributed by atoms with Crippen molar-refractivity contribution in [2.45, 2.75) is 13.0 Å². The van der Waals surface area contributed by atoms with Crippen LogP contribution in [0.25, 0.3) is 23.2 Å². The molecule has 0 aliphatic heterocycles. The SMILES string of the molecule is CC(c1ccccc1)n1c(C=Cc2ccco2)nc2ccccc21. The van der Waals surface area contributed by atoms with E-state index < -0.39 is 0 Å². The van der Waals surface area contributed by atoms with Crippen LogP contribution in [0.3, 0.4) is 0 Å². The van der Waals surface area contributed by atoms with E-state index in [1.54, 1.807) is 6.26 Å². The van der Waals surface area contributed by atoms with Gasteiger partial charge in [0.1, 0.15) is 11.6 Å². The summed E-state index contributed by atoms with van der Waals surface area (Å²) in [6.45, 7) is 2.20. The average Bonchev–Trinajstić information content (AvgIpc) is 3.27. The predicted octanol–water partition coefficient (Wildman–Crippen LogP) is 5.41. The summed E-state index contributed by atoms with van der Waals surface area (Å²) in [4.78, 5) is 4.79. The zero-order chi connectivity index (χ0) is 16.4. The number of benzene rings is 2. The van der Waals surface area contributed by atoms with Crippen LogP contribution < -0.4 is 0 Å². The van der Waals surface area contributed by atoms with E-state index in [-0.39, 0.29) is 6.04 Å². The lowest BCUT2D eigenvalue weighted by molar-refractivity contribution is 0.557. The highest BCUT2D eigenvalue weighted by atomic mass is 16.3. The molecule has 118 valence electrons. The minimum atomic E-state index is 0.190. The van der Waals surface area contributed by atoms with Crippen molar-refractivity contribution in [1.29, 1.82) is 0 Å². The molecule has 0 aliphatic rings. The summed E-state index contributed by atoms with van der Waals surface area (Å²) in [6, 6.07) is 22.7. The fraction of sp³-hybridized carbons (Fsp3) is 0.0952. The molecule has 4 aromatic rings. The second-order valence-electron chi connectivity index (χ2n) is 5.76. The molecule has 1 unspecified atom stereocenters. The van der Waals surface area contributed by atoms with Gasteiger partial charge in [0.05, 0.1) is 23.3 Å². The molecule has 4 rings (SSSR count). The van der Waals surface area contributed by atoms with Gasteiger partial charge in [0.15, 0.2) is 0 Å². The first-order valence-electron chi connectivity index (χ1n) is 8.06. The summed E-state index contributed by atoms with van der Waals surface area (Å²) in [5, 5.41) is 0. The van der Waals surface area contributed by atoms with Crippen molar-refractivity contribution in [3.05, 3.63) is 90.1 Å². The van der Waals surface area contributed by atoms with Crippen LogP contribution in [0, 0.1) is 0 Å². The minimum Gasteiger partial charge on any atom is -0.465 e. The highest BCUT2D eigenvalue weighted by molar-refractivity contribution is 5.80. The van der Waals surface area contributed by atoms with Crippen molar-refractivity contribution in [1.82, 2.24) is 9.55 Å². The molecule has 0 amide bonds. The lowest BCUT2D eigenvalue weighted by Gasteiger charge is -2.17. The van der Waals surface area contributed by atoms with E-state index in [0.717, 1.165) is 22.6 Å². The highest BCUT2D eigenvalue weighted by Gasteiger charge is 2.15. The Morgan fingerprint density at radius 1 is 0.917 bits per heavy atom. The normalized spacial score (nSPS) is 12.9. The van der Waals surface area contributed by atoms with Crippen LogP contribution in [0.5, 0.6) is 0 Å². The molecule has 0 bridgehead atoms. The monoisotopic (exact) mass is 314 g/mol. The van der Waals surface area contributed by atoms with Gasteiger partial charge in [-0.1, -0.05) is 42.5 Å². The summed E-state index contributed by atoms with van der Waals surface area (Å²) in [6.07, 6.45) is 5.64. The number of aromatic nitrogens is 2. The number of rotatable bonds is 4. The number of para-hydroxylation sites is 2. The molecule has 2 aromatic carbocycles. The smallest absolute Gasteiger partial charge is 0.134 e. The van der Waals surface area contributed by atoms with Gasteiger partial charge in [-0.15, -0.1) is 0 Å². The van der Waals surface area contributed by atoms with Crippen LogP contribution in [-0.2, 0) is 0 Å². The molecule has 0 saturated carbocycles. The summed E-state index contributed by atoms with van der Waals surface area (Å²) in [7, 11) is 0. The van der Waals surface area contributed by atoms with E-state index in [1.807, 2.05) is 42.5 Å². The van der Waals surface area contributed by atoms with Crippen molar-refractivity contribution >= 4 is 23.2 Å². The third-order valence-corrected chi connectivity index (χ3v) is 4.23. The fourth-order valence-corrected chi connectivity index (χ4v) is 3.01. The van der Waals surface area contributed by atoms with Crippen LogP contribution in [0.2, 0.25) is 0 Å². The van der Waals surface area contributed by atoms with E-state index in [0.29, 0.717) is 0 Å². The third kappa shape index (κ3) is 2.65. The van der Waals surface area contributed by atoms with E-state index >= 15 is 0 Å². The van der Waals surface area contributed by atoms with Crippen LogP contribution in [-0.4, -0.2) is 9.55 Å². The van der Waals surface area contributed by atoms with E-state index in [4.69, 9.17) is 9.40 Å². The molecule has 0 spiro atoms. The predicted molar refractivity (Wildman–Crippen MR) is 97.6 cm³/mol. The molecule has 0 N–H and O–H groups in total. The molecule has 1 atom stereocenters. The van der Waals surface area contributed by atoms with Gasteiger partial charge in [-0.2, -0.15) is 0 Å². The number of hydrogen-bond donors (Lipinski definition) is 0. The summed E-state index contributed by atoms with van der Waals surface area (Å²) in [5.41, 5.74) is 3.39. The Bertz CT molecular complexity index is 966. The lowest BCUT2D eigenvalue weighted by atomic mass is 10.1. The first-order valence-corrected chi connectivity index (χ1v) is 8.06. The van der Waals surface area contributed by atoms with Crippen molar-refractivity contribution in [3.8, 4) is 0 Å². The van der Waals surface area contributed by atoms with Crippen LogP contribution >= 0.6 is 0 Å². The summed E-state index contributed by atoms with van der Waals surface area (Å²) < 4.78 is 7.66. The molecule has 2 heterocycles. The standard InChI is InChI=1S/C21H18N2O/c1-16(17-8-3-2-4-9-17)23-20-12-6-5-11-19(20)22-21(23)14-13-18-10-7-15-24-18/h2-16H,1H3. The van der Waals surface area contributed by atoms with Crippen molar-refractivity contribution in [3.63, 3.8) is 0 Å². The molecule has 0 aliphatic carbocycles. The molecule has 2 aromatic heterocycles. The zero-order valence-electron chi connectivity index (χ0n) is 13.5. The Hall–Kier alpha value is -3.07. The van der Waals surface area contributed by atoms with Gasteiger partial charge in [-0.3, -0.25) is 0 Å². The molecule has 0 radical (unpaired) electrons. The number of hydrogen-bond acceptors (Lipinski definition) is 2. The lowest BCUT2D eigenvalue weighted by Crippen LogP contribution is -2.08. The van der Waals surface area contributed by atoms with Gasteiger partial charge in [0.25, 0.3) is 0 Å². The highest BCUT2D eigenvalue weighted by Crippen LogP contribution is 2.27. The maximum absolute atomic E-state index is 5.39. The third-order valence-electron chi connectivity index (χ3n) is 4.23. The average molecular weight is 314 g/mol. The summed E-state index contributed by atoms with van der Waals surface area (Å²) >= 11 is 0. The molecular weight excluding hydrogens is 296 g/mol. The van der Waals surface area contributed by atoms with Gasteiger partial charge >= 0.3 is 0 Å². The first kappa shape index (κ1) is 14.5. The quantitative estimate of drug-likeness (QED) is 0.504. The van der Waals surface area contributed by atoms with Crippen LogP contribution in [0.1, 0.15) is 30.1 Å². The largest absolute Gasteiger partial charge is 0.465 e. The van der Waals surface area contributed by atoms with Gasteiger partial charge in [-0.05, 0) is 48.9 Å². The number of nitrogens with zero attached hydrogens (tertiary/aromatic N) is 2. The Morgan fingerprint density at radius 2 is 1.71 bits per heavy atom. The van der Waals surface area contributed by atoms with Crippen LogP contribution in [0.15, 0.2) is 77.4 Å². The minimum absolute atomic E-state index is 0.190. The molecule has 24 heavy (non-hydrogen) atoms. The molecule has 0 fully saturated rings. The van der Waals surface area contributed by atoms with Crippen molar-refractivity contribution in [2.24, 2.45) is 0 Å². The zero-order valence-corrected chi connectivity index (χ0v) is 13.5. The molecule has 3 nitrogen and oxygen atoms in total. The maximum atomic E-state index is 5.39. The number of furan rings is 1. The first-order chi connectivity index (χ1) is 11.8. The second-order valence-corrected chi connectivity index (χ2v) is 5.76. The number of fused-ring (bicyclic) bond motifs is 1. The Balaban J connectivity index is 1.84.